The SMILES string of the molecule is CCN(N=C(Cc1cccs1)c1cccs1)C(=O)O. The van der Waals surface area contributed by atoms with Crippen molar-refractivity contribution in [2.45, 2.75) is 13.3 Å². The van der Waals surface area contributed by atoms with E-state index in [1.54, 1.807) is 29.6 Å². The van der Waals surface area contributed by atoms with Crippen molar-refractivity contribution in [1.29, 1.82) is 0 Å². The highest BCUT2D eigenvalue weighted by Crippen LogP contribution is 2.17. The van der Waals surface area contributed by atoms with Crippen molar-refractivity contribution in [2.75, 3.05) is 6.54 Å². The predicted molar refractivity (Wildman–Crippen MR) is 79.3 cm³/mol. The summed E-state index contributed by atoms with van der Waals surface area (Å²) in [4.78, 5) is 13.2. The molecular formula is C13H14N2O2S2. The van der Waals surface area contributed by atoms with Crippen molar-refractivity contribution >= 4 is 34.5 Å². The van der Waals surface area contributed by atoms with Gasteiger partial charge in [0.25, 0.3) is 0 Å². The molecule has 100 valence electrons. The minimum atomic E-state index is -1.03. The first-order chi connectivity index (χ1) is 9.20. The fourth-order valence-electron chi connectivity index (χ4n) is 1.59. The van der Waals surface area contributed by atoms with Crippen LogP contribution in [0.25, 0.3) is 0 Å². The molecule has 0 atom stereocenters. The molecule has 0 fully saturated rings. The standard InChI is InChI=1S/C13H14N2O2S2/c1-2-15(13(16)17)14-11(12-6-4-8-19-12)9-10-5-3-7-18-10/h3-8H,2,9H2,1H3,(H,16,17). The Morgan fingerprint density at radius 1 is 1.32 bits per heavy atom. The molecular weight excluding hydrogens is 280 g/mol. The Labute approximate surface area is 119 Å². The highest BCUT2D eigenvalue weighted by molar-refractivity contribution is 7.12. The molecule has 0 aliphatic rings. The fraction of sp³-hybridized carbons (Fsp3) is 0.231. The van der Waals surface area contributed by atoms with Crippen LogP contribution >= 0.6 is 22.7 Å². The molecule has 2 aromatic heterocycles. The van der Waals surface area contributed by atoms with Crippen LogP contribution < -0.4 is 0 Å². The minimum absolute atomic E-state index is 0.342. The number of thiophene rings is 2. The van der Waals surface area contributed by atoms with Gasteiger partial charge in [0.1, 0.15) is 0 Å². The van der Waals surface area contributed by atoms with Crippen LogP contribution in [0.4, 0.5) is 4.79 Å². The number of hydrazone groups is 1. The second kappa shape index (κ2) is 6.49. The third-order valence-corrected chi connectivity index (χ3v) is 4.28. The Morgan fingerprint density at radius 2 is 2.05 bits per heavy atom. The van der Waals surface area contributed by atoms with Gasteiger partial charge in [-0.3, -0.25) is 0 Å². The number of hydrogen-bond donors (Lipinski definition) is 1. The van der Waals surface area contributed by atoms with Crippen LogP contribution in [0.1, 0.15) is 16.7 Å². The molecule has 0 unspecified atom stereocenters. The zero-order valence-corrected chi connectivity index (χ0v) is 12.1. The molecule has 6 heteroatoms. The van der Waals surface area contributed by atoms with Crippen molar-refractivity contribution in [1.82, 2.24) is 5.01 Å². The topological polar surface area (TPSA) is 52.9 Å². The molecule has 4 nitrogen and oxygen atoms in total. The van der Waals surface area contributed by atoms with Crippen molar-refractivity contribution in [3.05, 3.63) is 44.8 Å². The monoisotopic (exact) mass is 294 g/mol. The number of carbonyl (C=O) groups is 1. The van der Waals surface area contributed by atoms with Gasteiger partial charge in [-0.25, -0.2) is 4.79 Å². The zero-order chi connectivity index (χ0) is 13.7. The second-order valence-electron chi connectivity index (χ2n) is 3.78. The fourth-order valence-corrected chi connectivity index (χ4v) is 3.01. The lowest BCUT2D eigenvalue weighted by atomic mass is 10.2. The van der Waals surface area contributed by atoms with E-state index in [2.05, 4.69) is 5.10 Å². The first-order valence-corrected chi connectivity index (χ1v) is 7.61. The van der Waals surface area contributed by atoms with Crippen LogP contribution in [0.15, 0.2) is 40.1 Å². The summed E-state index contributed by atoms with van der Waals surface area (Å²) in [7, 11) is 0. The number of hydrogen-bond acceptors (Lipinski definition) is 4. The molecule has 0 saturated carbocycles. The first kappa shape index (κ1) is 13.8. The molecule has 2 aromatic rings. The summed E-state index contributed by atoms with van der Waals surface area (Å²) in [6.07, 6.45) is -0.371. The number of nitrogens with zero attached hydrogens (tertiary/aromatic N) is 2. The van der Waals surface area contributed by atoms with Gasteiger partial charge in [-0.1, -0.05) is 12.1 Å². The average Bonchev–Trinajstić information content (AvgIpc) is 3.06. The summed E-state index contributed by atoms with van der Waals surface area (Å²) >= 11 is 3.22. The Hall–Kier alpha value is -1.66. The largest absolute Gasteiger partial charge is 0.464 e. The Bertz CT molecular complexity index is 547. The van der Waals surface area contributed by atoms with Crippen LogP contribution in [0.3, 0.4) is 0 Å². The molecule has 1 amide bonds. The van der Waals surface area contributed by atoms with E-state index in [0.29, 0.717) is 13.0 Å². The van der Waals surface area contributed by atoms with Gasteiger partial charge in [0, 0.05) is 17.8 Å². The van der Waals surface area contributed by atoms with Crippen molar-refractivity contribution < 1.29 is 9.90 Å². The molecule has 0 aliphatic heterocycles. The molecule has 1 N–H and O–H groups in total. The highest BCUT2D eigenvalue weighted by atomic mass is 32.1. The zero-order valence-electron chi connectivity index (χ0n) is 10.4. The molecule has 0 aliphatic carbocycles. The molecule has 19 heavy (non-hydrogen) atoms. The normalized spacial score (nSPS) is 11.5. The van der Waals surface area contributed by atoms with Crippen LogP contribution in [-0.2, 0) is 6.42 Å². The Morgan fingerprint density at radius 3 is 2.58 bits per heavy atom. The molecule has 0 bridgehead atoms. The highest BCUT2D eigenvalue weighted by Gasteiger charge is 2.13. The van der Waals surface area contributed by atoms with Crippen LogP contribution in [-0.4, -0.2) is 28.5 Å². The molecule has 0 aromatic carbocycles. The maximum atomic E-state index is 11.1. The Balaban J connectivity index is 2.29. The van der Waals surface area contributed by atoms with Gasteiger partial charge in [0.2, 0.25) is 0 Å². The Kier molecular flexibility index (Phi) is 4.70. The summed E-state index contributed by atoms with van der Waals surface area (Å²) in [5, 5.41) is 18.4. The van der Waals surface area contributed by atoms with Crippen molar-refractivity contribution in [3.8, 4) is 0 Å². The smallest absolute Gasteiger partial charge is 0.427 e. The summed E-state index contributed by atoms with van der Waals surface area (Å²) in [5.74, 6) is 0. The molecule has 0 radical (unpaired) electrons. The average molecular weight is 294 g/mol. The van der Waals surface area contributed by atoms with Crippen LogP contribution in [0.5, 0.6) is 0 Å². The number of rotatable bonds is 5. The first-order valence-electron chi connectivity index (χ1n) is 5.85. The van der Waals surface area contributed by atoms with E-state index >= 15 is 0 Å². The van der Waals surface area contributed by atoms with Crippen LogP contribution in [0, 0.1) is 0 Å². The second-order valence-corrected chi connectivity index (χ2v) is 5.76. The van der Waals surface area contributed by atoms with E-state index in [4.69, 9.17) is 5.11 Å². The molecule has 0 spiro atoms. The van der Waals surface area contributed by atoms with Gasteiger partial charge in [-0.05, 0) is 29.8 Å². The molecule has 2 heterocycles. The third kappa shape index (κ3) is 3.65. The lowest BCUT2D eigenvalue weighted by molar-refractivity contribution is 0.149. The summed E-state index contributed by atoms with van der Waals surface area (Å²) in [6, 6.07) is 7.93. The van der Waals surface area contributed by atoms with Crippen molar-refractivity contribution in [3.63, 3.8) is 0 Å². The lowest BCUT2D eigenvalue weighted by Gasteiger charge is -2.12. The van der Waals surface area contributed by atoms with Gasteiger partial charge >= 0.3 is 6.09 Å². The van der Waals surface area contributed by atoms with Gasteiger partial charge in [0.15, 0.2) is 0 Å². The predicted octanol–water partition coefficient (Wildman–Crippen LogP) is 3.76. The molecule has 0 saturated heterocycles. The van der Waals surface area contributed by atoms with E-state index in [9.17, 15) is 4.79 Å². The minimum Gasteiger partial charge on any atom is -0.464 e. The van der Waals surface area contributed by atoms with Crippen LogP contribution in [0.2, 0.25) is 0 Å². The van der Waals surface area contributed by atoms with E-state index in [1.807, 2.05) is 35.0 Å². The van der Waals surface area contributed by atoms with E-state index in [0.717, 1.165) is 15.6 Å². The van der Waals surface area contributed by atoms with Gasteiger partial charge < -0.3 is 5.11 Å². The van der Waals surface area contributed by atoms with Gasteiger partial charge in [0.05, 0.1) is 10.6 Å². The molecule has 2 rings (SSSR count). The van der Waals surface area contributed by atoms with Crippen molar-refractivity contribution in [2.24, 2.45) is 5.10 Å². The maximum absolute atomic E-state index is 11.1. The number of carboxylic acid groups (broad SMARTS) is 1. The number of amides is 1. The van der Waals surface area contributed by atoms with Gasteiger partial charge in [-0.2, -0.15) is 10.1 Å². The quantitative estimate of drug-likeness (QED) is 0.674. The van der Waals surface area contributed by atoms with Gasteiger partial charge in [-0.15, -0.1) is 22.7 Å². The van der Waals surface area contributed by atoms with E-state index in [-0.39, 0.29) is 0 Å². The van der Waals surface area contributed by atoms with E-state index in [1.165, 1.54) is 4.88 Å². The summed E-state index contributed by atoms with van der Waals surface area (Å²) < 4.78 is 0. The third-order valence-electron chi connectivity index (χ3n) is 2.49. The summed E-state index contributed by atoms with van der Waals surface area (Å²) in [5.41, 5.74) is 0.793. The summed E-state index contributed by atoms with van der Waals surface area (Å²) in [6.45, 7) is 2.11. The lowest BCUT2D eigenvalue weighted by Crippen LogP contribution is -2.25. The maximum Gasteiger partial charge on any atom is 0.427 e. The van der Waals surface area contributed by atoms with E-state index < -0.39 is 6.09 Å².